The van der Waals surface area contributed by atoms with Crippen LogP contribution in [0.3, 0.4) is 0 Å². The van der Waals surface area contributed by atoms with Gasteiger partial charge in [-0.15, -0.1) is 0 Å². The van der Waals surface area contributed by atoms with Crippen molar-refractivity contribution >= 4 is 17.8 Å². The molecule has 0 rings (SSSR count). The van der Waals surface area contributed by atoms with Crippen molar-refractivity contribution in [2.24, 2.45) is 0 Å². The first-order chi connectivity index (χ1) is 14.7. The van der Waals surface area contributed by atoms with E-state index < -0.39 is 36.2 Å². The number of aliphatic carboxylic acids is 1. The number of unbranched alkanes of at least 4 members (excludes halogenated alkanes) is 9. The molecule has 0 aromatic rings. The summed E-state index contributed by atoms with van der Waals surface area (Å²) >= 11 is 0. The molecule has 0 aliphatic heterocycles. The second-order valence-corrected chi connectivity index (χ2v) is 8.40. The summed E-state index contributed by atoms with van der Waals surface area (Å²) in [6, 6.07) is -2.76. The van der Waals surface area contributed by atoms with Crippen LogP contribution in [0.5, 0.6) is 0 Å². The third kappa shape index (κ3) is 14.1. The van der Waals surface area contributed by atoms with E-state index in [0.29, 0.717) is 19.3 Å². The molecule has 8 nitrogen and oxygen atoms in total. The van der Waals surface area contributed by atoms with Gasteiger partial charge in [-0.25, -0.2) is 4.79 Å². The van der Waals surface area contributed by atoms with Gasteiger partial charge in [0.15, 0.2) is 6.04 Å². The summed E-state index contributed by atoms with van der Waals surface area (Å²) in [7, 11) is 0. The van der Waals surface area contributed by atoms with E-state index in [2.05, 4.69) is 17.6 Å². The normalized spacial score (nSPS) is 15.0. The predicted molar refractivity (Wildman–Crippen MR) is 121 cm³/mol. The van der Waals surface area contributed by atoms with Crippen molar-refractivity contribution in [3.05, 3.63) is 0 Å². The Balaban J connectivity index is 4.57. The first-order valence-electron chi connectivity index (χ1n) is 11.9. The molecule has 2 amide bonds. The van der Waals surface area contributed by atoms with Gasteiger partial charge in [-0.05, 0) is 19.8 Å². The first kappa shape index (κ1) is 29.3. The maximum atomic E-state index is 12.6. The van der Waals surface area contributed by atoms with Gasteiger partial charge in [0.05, 0.1) is 12.2 Å². The lowest BCUT2D eigenvalue weighted by molar-refractivity contribution is -0.145. The van der Waals surface area contributed by atoms with E-state index in [-0.39, 0.29) is 12.3 Å². The summed E-state index contributed by atoms with van der Waals surface area (Å²) in [6.07, 6.45) is 9.70. The topological polar surface area (TPSA) is 136 Å². The van der Waals surface area contributed by atoms with Crippen molar-refractivity contribution in [2.75, 3.05) is 0 Å². The molecule has 5 N–H and O–H groups in total. The van der Waals surface area contributed by atoms with Gasteiger partial charge in [0.2, 0.25) is 11.8 Å². The first-order valence-corrected chi connectivity index (χ1v) is 11.9. The maximum Gasteiger partial charge on any atom is 0.328 e. The number of amides is 2. The van der Waals surface area contributed by atoms with Gasteiger partial charge in [0.25, 0.3) is 0 Å². The number of rotatable bonds is 19. The van der Waals surface area contributed by atoms with Crippen molar-refractivity contribution in [2.45, 2.75) is 129 Å². The van der Waals surface area contributed by atoms with Crippen molar-refractivity contribution in [3.8, 4) is 0 Å². The molecule has 4 atom stereocenters. The Labute approximate surface area is 187 Å². The van der Waals surface area contributed by atoms with E-state index in [1.807, 2.05) is 6.92 Å². The zero-order valence-electron chi connectivity index (χ0n) is 19.6. The minimum atomic E-state index is -1.51. The third-order valence-electron chi connectivity index (χ3n) is 5.39. The quantitative estimate of drug-likeness (QED) is 0.194. The van der Waals surface area contributed by atoms with Gasteiger partial charge in [-0.3, -0.25) is 9.59 Å². The predicted octanol–water partition coefficient (Wildman–Crippen LogP) is 2.89. The van der Waals surface area contributed by atoms with Crippen LogP contribution in [0.2, 0.25) is 0 Å². The lowest BCUT2D eigenvalue weighted by Crippen LogP contribution is -2.58. The Bertz CT molecular complexity index is 512. The summed E-state index contributed by atoms with van der Waals surface area (Å²) in [4.78, 5) is 36.1. The molecule has 4 unspecified atom stereocenters. The lowest BCUT2D eigenvalue weighted by atomic mass is 10.0. The largest absolute Gasteiger partial charge is 0.480 e. The van der Waals surface area contributed by atoms with Gasteiger partial charge in [0, 0.05) is 6.42 Å². The molecule has 0 saturated heterocycles. The van der Waals surface area contributed by atoms with Crippen LogP contribution in [-0.4, -0.2) is 57.4 Å². The zero-order valence-corrected chi connectivity index (χ0v) is 19.6. The van der Waals surface area contributed by atoms with Crippen LogP contribution in [0.25, 0.3) is 0 Å². The maximum absolute atomic E-state index is 12.6. The number of hydrogen-bond donors (Lipinski definition) is 5. The Hall–Kier alpha value is -1.67. The number of carbonyl (C=O) groups is 3. The van der Waals surface area contributed by atoms with Crippen LogP contribution >= 0.6 is 0 Å². The standard InChI is InChI=1S/C23H44N2O6/c1-4-6-8-9-10-11-12-13-14-16-19(28)24-21(18(27)15-7-5-2)22(29)25-20(17(3)26)23(30)31/h17-18,20-21,26-27H,4-16H2,1-3H3,(H,24,28)(H,25,29)(H,30,31). The molecule has 0 aliphatic carbocycles. The number of carboxylic acid groups (broad SMARTS) is 1. The van der Waals surface area contributed by atoms with E-state index >= 15 is 0 Å². The second kappa shape index (κ2) is 18.0. The van der Waals surface area contributed by atoms with Crippen molar-refractivity contribution in [3.63, 3.8) is 0 Å². The van der Waals surface area contributed by atoms with Crippen LogP contribution in [0.1, 0.15) is 104 Å². The molecule has 0 radical (unpaired) electrons. The summed E-state index contributed by atoms with van der Waals surface area (Å²) in [5.41, 5.74) is 0. The highest BCUT2D eigenvalue weighted by Gasteiger charge is 2.33. The highest BCUT2D eigenvalue weighted by Crippen LogP contribution is 2.11. The van der Waals surface area contributed by atoms with Crippen molar-refractivity contribution in [1.29, 1.82) is 0 Å². The molecule has 0 aromatic carbocycles. The highest BCUT2D eigenvalue weighted by atomic mass is 16.4. The van der Waals surface area contributed by atoms with Gasteiger partial charge >= 0.3 is 5.97 Å². The van der Waals surface area contributed by atoms with Crippen LogP contribution in [-0.2, 0) is 14.4 Å². The smallest absolute Gasteiger partial charge is 0.328 e. The fourth-order valence-corrected chi connectivity index (χ4v) is 3.39. The molecule has 8 heteroatoms. The molecule has 0 heterocycles. The monoisotopic (exact) mass is 444 g/mol. The number of carbonyl (C=O) groups excluding carboxylic acids is 2. The fourth-order valence-electron chi connectivity index (χ4n) is 3.39. The molecule has 0 saturated carbocycles. The number of carboxylic acids is 1. The fraction of sp³-hybridized carbons (Fsp3) is 0.870. The van der Waals surface area contributed by atoms with Gasteiger partial charge in [-0.2, -0.15) is 0 Å². The molecule has 0 spiro atoms. The number of aliphatic hydroxyl groups excluding tert-OH is 2. The SMILES string of the molecule is CCCCCCCCCCCC(=O)NC(C(=O)NC(C(=O)O)C(C)O)C(O)CCCC. The van der Waals surface area contributed by atoms with Gasteiger partial charge < -0.3 is 26.0 Å². The number of aliphatic hydroxyl groups is 2. The number of nitrogens with one attached hydrogen (secondary N) is 2. The van der Waals surface area contributed by atoms with Crippen LogP contribution in [0.15, 0.2) is 0 Å². The van der Waals surface area contributed by atoms with Crippen LogP contribution < -0.4 is 10.6 Å². The summed E-state index contributed by atoms with van der Waals surface area (Å²) < 4.78 is 0. The minimum absolute atomic E-state index is 0.249. The number of hydrogen-bond acceptors (Lipinski definition) is 5. The Kier molecular flexibility index (Phi) is 17.0. The minimum Gasteiger partial charge on any atom is -0.480 e. The average Bonchev–Trinajstić information content (AvgIpc) is 2.72. The van der Waals surface area contributed by atoms with Crippen molar-refractivity contribution < 1.29 is 29.7 Å². The van der Waals surface area contributed by atoms with Crippen molar-refractivity contribution in [1.82, 2.24) is 10.6 Å². The Morgan fingerprint density at radius 3 is 1.74 bits per heavy atom. The Morgan fingerprint density at radius 2 is 1.26 bits per heavy atom. The highest BCUT2D eigenvalue weighted by molar-refractivity contribution is 5.91. The van der Waals surface area contributed by atoms with Gasteiger partial charge in [0.1, 0.15) is 6.04 Å². The lowest BCUT2D eigenvalue weighted by Gasteiger charge is -2.26. The zero-order chi connectivity index (χ0) is 23.6. The van der Waals surface area contributed by atoms with Crippen LogP contribution in [0, 0.1) is 0 Å². The molecule has 0 bridgehead atoms. The Morgan fingerprint density at radius 1 is 0.742 bits per heavy atom. The summed E-state index contributed by atoms with van der Waals surface area (Å²) in [6.45, 7) is 5.39. The molecule has 0 aliphatic rings. The van der Waals surface area contributed by atoms with E-state index in [4.69, 9.17) is 5.11 Å². The molecule has 182 valence electrons. The van der Waals surface area contributed by atoms with E-state index in [9.17, 15) is 24.6 Å². The third-order valence-corrected chi connectivity index (χ3v) is 5.39. The van der Waals surface area contributed by atoms with Crippen LogP contribution in [0.4, 0.5) is 0 Å². The second-order valence-electron chi connectivity index (χ2n) is 8.40. The summed E-state index contributed by atoms with van der Waals surface area (Å²) in [5, 5.41) is 33.9. The summed E-state index contributed by atoms with van der Waals surface area (Å²) in [5.74, 6) is -2.54. The molecule has 0 fully saturated rings. The molecular weight excluding hydrogens is 400 g/mol. The average molecular weight is 445 g/mol. The van der Waals surface area contributed by atoms with E-state index in [0.717, 1.165) is 25.7 Å². The van der Waals surface area contributed by atoms with E-state index in [1.54, 1.807) is 0 Å². The molecular formula is C23H44N2O6. The van der Waals surface area contributed by atoms with E-state index in [1.165, 1.54) is 39.0 Å². The van der Waals surface area contributed by atoms with Gasteiger partial charge in [-0.1, -0.05) is 78.1 Å². The molecule has 31 heavy (non-hydrogen) atoms. The molecule has 0 aromatic heterocycles.